The molecule has 0 saturated carbocycles. The van der Waals surface area contributed by atoms with E-state index in [1.807, 2.05) is 0 Å². The third-order valence-electron chi connectivity index (χ3n) is 3.17. The Morgan fingerprint density at radius 2 is 2.00 bits per heavy atom. The van der Waals surface area contributed by atoms with Gasteiger partial charge in [0.15, 0.2) is 6.10 Å². The molecule has 0 unspecified atom stereocenters. The molecule has 0 spiro atoms. The van der Waals surface area contributed by atoms with E-state index >= 15 is 0 Å². The van der Waals surface area contributed by atoms with Crippen LogP contribution in [0.1, 0.15) is 34.1 Å². The zero-order chi connectivity index (χ0) is 20.0. The summed E-state index contributed by atoms with van der Waals surface area (Å²) < 4.78 is 37.0. The number of carbonyl (C=O) groups excluding carboxylic acids is 3. The lowest BCUT2D eigenvalue weighted by atomic mass is 9.87. The van der Waals surface area contributed by atoms with Gasteiger partial charge in [-0.25, -0.2) is 13.9 Å². The van der Waals surface area contributed by atoms with Gasteiger partial charge in [-0.3, -0.25) is 18.6 Å². The van der Waals surface area contributed by atoms with E-state index in [-0.39, 0.29) is 19.6 Å². The first-order chi connectivity index (χ1) is 11.9. The van der Waals surface area contributed by atoms with E-state index in [0.717, 1.165) is 0 Å². The van der Waals surface area contributed by atoms with Crippen molar-refractivity contribution in [3.63, 3.8) is 0 Å². The Morgan fingerprint density at radius 1 is 1.35 bits per heavy atom. The summed E-state index contributed by atoms with van der Waals surface area (Å²) in [7, 11) is -4.13. The van der Waals surface area contributed by atoms with Crippen molar-refractivity contribution in [2.24, 2.45) is 11.1 Å². The second-order valence-corrected chi connectivity index (χ2v) is 8.13. The second-order valence-electron chi connectivity index (χ2n) is 6.51. The highest BCUT2D eigenvalue weighted by Crippen LogP contribution is 2.57. The van der Waals surface area contributed by atoms with Crippen molar-refractivity contribution >= 4 is 25.8 Å². The van der Waals surface area contributed by atoms with Crippen LogP contribution in [-0.4, -0.2) is 50.1 Å². The molecule has 1 aliphatic heterocycles. The molecule has 0 radical (unpaired) electrons. The van der Waals surface area contributed by atoms with Gasteiger partial charge in [-0.05, 0) is 13.8 Å². The number of rotatable bonds is 8. The van der Waals surface area contributed by atoms with E-state index in [0.29, 0.717) is 0 Å². The van der Waals surface area contributed by atoms with Gasteiger partial charge in [-0.1, -0.05) is 13.8 Å². The molecule has 26 heavy (non-hydrogen) atoms. The van der Waals surface area contributed by atoms with Crippen molar-refractivity contribution in [2.45, 2.75) is 46.3 Å². The average Bonchev–Trinajstić information content (AvgIpc) is 2.49. The number of amides is 2. The number of nitrogens with one attached hydrogen (secondary N) is 1. The molecule has 1 rings (SSSR count). The summed E-state index contributed by atoms with van der Waals surface area (Å²) in [5, 5.41) is 2.47. The number of hydrogen-bond donors (Lipinski definition) is 2. The van der Waals surface area contributed by atoms with Crippen molar-refractivity contribution in [1.29, 1.82) is 0 Å². The fraction of sp³-hybridized carbons (Fsp3) is 0.786. The van der Waals surface area contributed by atoms with E-state index in [2.05, 4.69) is 10.1 Å². The Kier molecular flexibility index (Phi) is 8.01. The number of nitrogens with two attached hydrogens (primary N) is 1. The van der Waals surface area contributed by atoms with Crippen LogP contribution in [0.3, 0.4) is 0 Å². The Bertz CT molecular complexity index is 579. The third-order valence-corrected chi connectivity index (χ3v) is 4.50. The number of phosphoric ester groups is 1. The highest BCUT2D eigenvalue weighted by Gasteiger charge is 2.49. The molecule has 1 heterocycles. The molecule has 0 bridgehead atoms. The molecule has 0 aliphatic carbocycles. The SMILES string of the molecule is CC(C)OC(=O)OCO[P@@]1(=O)OCC(C)(C)[C@H](C(=O)NCCC(N)=O)O1. The number of hydrogen-bond acceptors (Lipinski definition) is 9. The van der Waals surface area contributed by atoms with Crippen LogP contribution in [0.25, 0.3) is 0 Å². The van der Waals surface area contributed by atoms with Crippen LogP contribution >= 0.6 is 7.82 Å². The molecule has 2 atom stereocenters. The molecular formula is C14H25N2O9P. The lowest BCUT2D eigenvalue weighted by molar-refractivity contribution is -0.143. The molecule has 1 fully saturated rings. The first-order valence-corrected chi connectivity index (χ1v) is 9.38. The van der Waals surface area contributed by atoms with Gasteiger partial charge in [0, 0.05) is 18.4 Å². The van der Waals surface area contributed by atoms with E-state index in [9.17, 15) is 18.9 Å². The monoisotopic (exact) mass is 396 g/mol. The van der Waals surface area contributed by atoms with Crippen LogP contribution in [0.5, 0.6) is 0 Å². The van der Waals surface area contributed by atoms with E-state index in [4.69, 9.17) is 24.0 Å². The van der Waals surface area contributed by atoms with Crippen LogP contribution in [0.2, 0.25) is 0 Å². The van der Waals surface area contributed by atoms with Gasteiger partial charge in [0.2, 0.25) is 18.6 Å². The summed E-state index contributed by atoms with van der Waals surface area (Å²) in [5.74, 6) is -1.17. The number of ether oxygens (including phenoxy) is 2. The summed E-state index contributed by atoms with van der Waals surface area (Å²) in [4.78, 5) is 34.2. The minimum atomic E-state index is -4.13. The van der Waals surface area contributed by atoms with Crippen LogP contribution in [0.4, 0.5) is 4.79 Å². The minimum absolute atomic E-state index is 0.0142. The predicted molar refractivity (Wildman–Crippen MR) is 87.7 cm³/mol. The number of carbonyl (C=O) groups is 3. The van der Waals surface area contributed by atoms with Gasteiger partial charge in [0.1, 0.15) is 0 Å². The van der Waals surface area contributed by atoms with E-state index < -0.39 is 50.2 Å². The van der Waals surface area contributed by atoms with Gasteiger partial charge in [0.05, 0.1) is 12.7 Å². The minimum Gasteiger partial charge on any atom is -0.432 e. The van der Waals surface area contributed by atoms with Crippen LogP contribution in [0, 0.1) is 5.41 Å². The maximum absolute atomic E-state index is 12.5. The van der Waals surface area contributed by atoms with Crippen molar-refractivity contribution in [3.05, 3.63) is 0 Å². The molecular weight excluding hydrogens is 371 g/mol. The highest BCUT2D eigenvalue weighted by molar-refractivity contribution is 7.48. The topological polar surface area (TPSA) is 152 Å². The van der Waals surface area contributed by atoms with Crippen molar-refractivity contribution < 1.29 is 42.0 Å². The fourth-order valence-electron chi connectivity index (χ4n) is 1.86. The first kappa shape index (κ1) is 22.4. The largest absolute Gasteiger partial charge is 0.510 e. The zero-order valence-electron chi connectivity index (χ0n) is 15.2. The molecule has 0 aromatic rings. The summed E-state index contributed by atoms with van der Waals surface area (Å²) in [5.41, 5.74) is 4.19. The van der Waals surface area contributed by atoms with Crippen LogP contribution in [-0.2, 0) is 37.2 Å². The smallest absolute Gasteiger partial charge is 0.432 e. The van der Waals surface area contributed by atoms with Gasteiger partial charge in [-0.15, -0.1) is 0 Å². The molecule has 3 N–H and O–H groups in total. The molecule has 150 valence electrons. The Labute approximate surface area is 151 Å². The zero-order valence-corrected chi connectivity index (χ0v) is 16.1. The summed E-state index contributed by atoms with van der Waals surface area (Å²) >= 11 is 0. The lowest BCUT2D eigenvalue weighted by Crippen LogP contribution is -2.50. The predicted octanol–water partition coefficient (Wildman–Crippen LogP) is 1.06. The highest BCUT2D eigenvalue weighted by atomic mass is 31.2. The van der Waals surface area contributed by atoms with Gasteiger partial charge in [-0.2, -0.15) is 0 Å². The Balaban J connectivity index is 2.60. The first-order valence-electron chi connectivity index (χ1n) is 7.92. The fourth-order valence-corrected chi connectivity index (χ4v) is 3.37. The Morgan fingerprint density at radius 3 is 2.58 bits per heavy atom. The molecule has 12 heteroatoms. The molecule has 0 aromatic carbocycles. The molecule has 11 nitrogen and oxygen atoms in total. The number of primary amides is 1. The maximum Gasteiger partial charge on any atom is 0.510 e. The quantitative estimate of drug-likeness (QED) is 0.348. The second kappa shape index (κ2) is 9.31. The molecule has 1 aliphatic rings. The van der Waals surface area contributed by atoms with Crippen LogP contribution in [0.15, 0.2) is 0 Å². The third kappa shape index (κ3) is 7.28. The van der Waals surface area contributed by atoms with Gasteiger partial charge in [0.25, 0.3) is 0 Å². The van der Waals surface area contributed by atoms with Crippen molar-refractivity contribution in [2.75, 3.05) is 19.9 Å². The standard InChI is InChI=1S/C14H25N2O9P/c1-9(2)24-13(19)21-8-23-26(20)22-7-14(3,4)11(25-26)12(18)16-6-5-10(15)17/h9,11H,5-8H2,1-4H3,(H2,15,17)(H,16,18)/t11-,26+/m0/s1. The number of phosphoric acid groups is 1. The Hall–Kier alpha value is -1.68. The normalized spacial score (nSPS) is 24.7. The van der Waals surface area contributed by atoms with E-state index in [1.165, 1.54) is 0 Å². The molecule has 0 aromatic heterocycles. The summed E-state index contributed by atoms with van der Waals surface area (Å²) in [6, 6.07) is 0. The lowest BCUT2D eigenvalue weighted by Gasteiger charge is -2.39. The van der Waals surface area contributed by atoms with Gasteiger partial charge >= 0.3 is 14.0 Å². The average molecular weight is 396 g/mol. The molecule has 2 amide bonds. The maximum atomic E-state index is 12.5. The van der Waals surface area contributed by atoms with Crippen LogP contribution < -0.4 is 11.1 Å². The van der Waals surface area contributed by atoms with Crippen molar-refractivity contribution in [1.82, 2.24) is 5.32 Å². The van der Waals surface area contributed by atoms with E-state index in [1.54, 1.807) is 27.7 Å². The van der Waals surface area contributed by atoms with Gasteiger partial charge < -0.3 is 20.5 Å². The summed E-state index contributed by atoms with van der Waals surface area (Å²) in [6.45, 7) is 5.77. The molecule has 1 saturated heterocycles. The van der Waals surface area contributed by atoms with Crippen molar-refractivity contribution in [3.8, 4) is 0 Å². The summed E-state index contributed by atoms with van der Waals surface area (Å²) in [6.07, 6.45) is -2.62.